The molecule has 4 rings (SSSR count). The van der Waals surface area contributed by atoms with Crippen molar-refractivity contribution in [1.82, 2.24) is 15.2 Å². The third-order valence-electron chi connectivity index (χ3n) is 4.23. The van der Waals surface area contributed by atoms with Gasteiger partial charge in [-0.3, -0.25) is 9.89 Å². The molecule has 134 valence electrons. The van der Waals surface area contributed by atoms with Crippen molar-refractivity contribution in [3.63, 3.8) is 0 Å². The quantitative estimate of drug-likeness (QED) is 0.564. The Morgan fingerprint density at radius 2 is 1.89 bits per heavy atom. The first-order valence-electron chi connectivity index (χ1n) is 8.19. The number of nitrogens with zero attached hydrogens (tertiary/aromatic N) is 2. The zero-order chi connectivity index (χ0) is 19.0. The number of pyridine rings is 1. The number of aromatic nitrogens is 3. The third-order valence-corrected chi connectivity index (χ3v) is 4.23. The van der Waals surface area contributed by atoms with E-state index in [4.69, 9.17) is 0 Å². The minimum Gasteiger partial charge on any atom is -0.321 e. The molecular weight excluding hydrogens is 350 g/mol. The molecule has 0 saturated heterocycles. The summed E-state index contributed by atoms with van der Waals surface area (Å²) >= 11 is 0. The Morgan fingerprint density at radius 3 is 2.70 bits per heavy atom. The number of rotatable bonds is 3. The molecule has 0 atom stereocenters. The third kappa shape index (κ3) is 3.27. The van der Waals surface area contributed by atoms with Crippen molar-refractivity contribution >= 4 is 22.5 Å². The van der Waals surface area contributed by atoms with Crippen LogP contribution in [0, 0.1) is 18.6 Å². The van der Waals surface area contributed by atoms with Crippen molar-refractivity contribution in [3.05, 3.63) is 77.6 Å². The molecule has 0 bridgehead atoms. The average Bonchev–Trinajstić information content (AvgIpc) is 3.13. The lowest BCUT2D eigenvalue weighted by Crippen LogP contribution is -2.16. The standard InChI is InChI=1S/C20H14F2N4O/c1-11-2-6-17(12-3-7-18-13(8-12)10-23-26-18)25-19(11)20(27)24-14-4-5-15(21)16(22)9-14/h2-10H,1H3,(H,23,26)(H,24,27). The van der Waals surface area contributed by atoms with Crippen LogP contribution in [0.3, 0.4) is 0 Å². The molecule has 2 heterocycles. The number of halogens is 2. The first-order valence-corrected chi connectivity index (χ1v) is 8.19. The highest BCUT2D eigenvalue weighted by molar-refractivity contribution is 6.04. The van der Waals surface area contributed by atoms with Gasteiger partial charge in [0.15, 0.2) is 11.6 Å². The van der Waals surface area contributed by atoms with E-state index in [1.165, 1.54) is 6.07 Å². The van der Waals surface area contributed by atoms with Crippen LogP contribution in [0.2, 0.25) is 0 Å². The summed E-state index contributed by atoms with van der Waals surface area (Å²) in [5.41, 5.74) is 3.41. The van der Waals surface area contributed by atoms with E-state index in [0.29, 0.717) is 11.3 Å². The summed E-state index contributed by atoms with van der Waals surface area (Å²) in [4.78, 5) is 17.0. The molecule has 0 fully saturated rings. The summed E-state index contributed by atoms with van der Waals surface area (Å²) in [7, 11) is 0. The summed E-state index contributed by atoms with van der Waals surface area (Å²) in [6.45, 7) is 1.76. The SMILES string of the molecule is Cc1ccc(-c2ccc3[nH]ncc3c2)nc1C(=O)Nc1ccc(F)c(F)c1. The molecule has 2 aromatic carbocycles. The lowest BCUT2D eigenvalue weighted by Gasteiger charge is -2.10. The van der Waals surface area contributed by atoms with Gasteiger partial charge in [-0.2, -0.15) is 5.10 Å². The summed E-state index contributed by atoms with van der Waals surface area (Å²) in [6.07, 6.45) is 1.71. The number of aromatic amines is 1. The molecule has 7 heteroatoms. The van der Waals surface area contributed by atoms with Crippen molar-refractivity contribution in [1.29, 1.82) is 0 Å². The maximum absolute atomic E-state index is 13.3. The van der Waals surface area contributed by atoms with Gasteiger partial charge in [-0.05, 0) is 42.8 Å². The van der Waals surface area contributed by atoms with E-state index in [9.17, 15) is 13.6 Å². The largest absolute Gasteiger partial charge is 0.321 e. The van der Waals surface area contributed by atoms with Gasteiger partial charge in [0.2, 0.25) is 0 Å². The summed E-state index contributed by atoms with van der Waals surface area (Å²) in [6, 6.07) is 12.5. The van der Waals surface area contributed by atoms with Crippen LogP contribution in [-0.4, -0.2) is 21.1 Å². The van der Waals surface area contributed by atoms with Crippen molar-refractivity contribution in [2.75, 3.05) is 5.32 Å². The molecule has 1 amide bonds. The molecule has 5 nitrogen and oxygen atoms in total. The smallest absolute Gasteiger partial charge is 0.274 e. The first kappa shape index (κ1) is 16.8. The first-order chi connectivity index (χ1) is 13.0. The fourth-order valence-corrected chi connectivity index (χ4v) is 2.79. The summed E-state index contributed by atoms with van der Waals surface area (Å²) in [5.74, 6) is -2.50. The highest BCUT2D eigenvalue weighted by Crippen LogP contribution is 2.23. The predicted octanol–water partition coefficient (Wildman–Crippen LogP) is 4.46. The van der Waals surface area contributed by atoms with Crippen LogP contribution < -0.4 is 5.32 Å². The highest BCUT2D eigenvalue weighted by atomic mass is 19.2. The van der Waals surface area contributed by atoms with Crippen molar-refractivity contribution in [3.8, 4) is 11.3 Å². The van der Waals surface area contributed by atoms with Gasteiger partial charge in [-0.25, -0.2) is 13.8 Å². The van der Waals surface area contributed by atoms with E-state index in [1.807, 2.05) is 24.3 Å². The monoisotopic (exact) mass is 364 g/mol. The van der Waals surface area contributed by atoms with Gasteiger partial charge in [0.1, 0.15) is 5.69 Å². The molecule has 2 N–H and O–H groups in total. The van der Waals surface area contributed by atoms with Crippen molar-refractivity contribution < 1.29 is 13.6 Å². The number of fused-ring (bicyclic) bond motifs is 1. The molecule has 0 unspecified atom stereocenters. The van der Waals surface area contributed by atoms with Gasteiger partial charge in [-0.1, -0.05) is 12.1 Å². The van der Waals surface area contributed by atoms with Crippen LogP contribution in [-0.2, 0) is 0 Å². The van der Waals surface area contributed by atoms with Gasteiger partial charge in [0.05, 0.1) is 17.4 Å². The van der Waals surface area contributed by atoms with Crippen LogP contribution in [0.5, 0.6) is 0 Å². The second-order valence-electron chi connectivity index (χ2n) is 6.12. The van der Waals surface area contributed by atoms with Crippen molar-refractivity contribution in [2.45, 2.75) is 6.92 Å². The normalized spacial score (nSPS) is 10.9. The fraction of sp³-hybridized carbons (Fsp3) is 0.0500. The predicted molar refractivity (Wildman–Crippen MR) is 98.4 cm³/mol. The van der Waals surface area contributed by atoms with Gasteiger partial charge >= 0.3 is 0 Å². The van der Waals surface area contributed by atoms with Crippen LogP contribution >= 0.6 is 0 Å². The molecule has 0 aliphatic heterocycles. The molecule has 0 aliphatic carbocycles. The maximum Gasteiger partial charge on any atom is 0.274 e. The van der Waals surface area contributed by atoms with Gasteiger partial charge < -0.3 is 5.32 Å². The van der Waals surface area contributed by atoms with Crippen molar-refractivity contribution in [2.24, 2.45) is 0 Å². The minimum atomic E-state index is -1.03. The Balaban J connectivity index is 1.66. The van der Waals surface area contributed by atoms with E-state index >= 15 is 0 Å². The molecule has 4 aromatic rings. The molecule has 0 radical (unpaired) electrons. The molecule has 2 aromatic heterocycles. The van der Waals surface area contributed by atoms with Crippen LogP contribution in [0.15, 0.2) is 54.7 Å². The Bertz CT molecular complexity index is 1170. The van der Waals surface area contributed by atoms with E-state index in [1.54, 1.807) is 19.2 Å². The van der Waals surface area contributed by atoms with E-state index in [-0.39, 0.29) is 11.4 Å². The topological polar surface area (TPSA) is 70.7 Å². The van der Waals surface area contributed by atoms with Crippen LogP contribution in [0.4, 0.5) is 14.5 Å². The summed E-state index contributed by atoms with van der Waals surface area (Å²) < 4.78 is 26.4. The number of hydrogen-bond donors (Lipinski definition) is 2. The molecular formula is C20H14F2N4O. The Morgan fingerprint density at radius 1 is 1.04 bits per heavy atom. The zero-order valence-electron chi connectivity index (χ0n) is 14.3. The summed E-state index contributed by atoms with van der Waals surface area (Å²) in [5, 5.41) is 10.4. The zero-order valence-corrected chi connectivity index (χ0v) is 14.3. The number of aryl methyl sites for hydroxylation is 1. The van der Waals surface area contributed by atoms with Crippen LogP contribution in [0.1, 0.15) is 16.1 Å². The van der Waals surface area contributed by atoms with Gasteiger partial charge in [0, 0.05) is 22.7 Å². The number of amides is 1. The number of anilines is 1. The minimum absolute atomic E-state index is 0.158. The number of carbonyl (C=O) groups excluding carboxylic acids is 1. The van der Waals surface area contributed by atoms with E-state index in [2.05, 4.69) is 20.5 Å². The average molecular weight is 364 g/mol. The fourth-order valence-electron chi connectivity index (χ4n) is 2.79. The second kappa shape index (κ2) is 6.60. The van der Waals surface area contributed by atoms with Gasteiger partial charge in [-0.15, -0.1) is 0 Å². The van der Waals surface area contributed by atoms with E-state index < -0.39 is 17.5 Å². The van der Waals surface area contributed by atoms with Crippen LogP contribution in [0.25, 0.3) is 22.2 Å². The molecule has 0 aliphatic rings. The second-order valence-corrected chi connectivity index (χ2v) is 6.12. The number of nitrogens with one attached hydrogen (secondary N) is 2. The Labute approximate surface area is 153 Å². The van der Waals surface area contributed by atoms with E-state index in [0.717, 1.165) is 28.6 Å². The molecule has 27 heavy (non-hydrogen) atoms. The number of H-pyrrole nitrogens is 1. The Kier molecular flexibility index (Phi) is 4.12. The lowest BCUT2D eigenvalue weighted by molar-refractivity contribution is 0.102. The lowest BCUT2D eigenvalue weighted by atomic mass is 10.1. The van der Waals surface area contributed by atoms with Gasteiger partial charge in [0.25, 0.3) is 5.91 Å². The molecule has 0 spiro atoms. The number of carbonyl (C=O) groups is 1. The Hall–Kier alpha value is -3.61. The number of hydrogen-bond acceptors (Lipinski definition) is 3. The molecule has 0 saturated carbocycles. The maximum atomic E-state index is 13.3. The highest BCUT2D eigenvalue weighted by Gasteiger charge is 2.14. The number of benzene rings is 2.